The number of barbiturate groups is 1. The highest BCUT2D eigenvalue weighted by Gasteiger charge is 2.62. The smallest absolute Gasteiger partial charge is 0.330 e. The van der Waals surface area contributed by atoms with Gasteiger partial charge in [0.2, 0.25) is 11.8 Å². The molecule has 0 saturated carbocycles. The van der Waals surface area contributed by atoms with Gasteiger partial charge in [-0.2, -0.15) is 0 Å². The fourth-order valence-electron chi connectivity index (χ4n) is 5.30. The molecule has 2 atom stereocenters. The van der Waals surface area contributed by atoms with E-state index in [1.165, 1.54) is 4.90 Å². The number of benzene rings is 2. The predicted molar refractivity (Wildman–Crippen MR) is 123 cm³/mol. The van der Waals surface area contributed by atoms with E-state index in [-0.39, 0.29) is 19.6 Å². The number of hydrogen-bond donors (Lipinski definition) is 1. The number of nitrogens with zero attached hydrogens (tertiary/aromatic N) is 2. The summed E-state index contributed by atoms with van der Waals surface area (Å²) >= 11 is 0. The molecule has 5 rings (SSSR count). The number of carbonyl (C=O) groups excluding carboxylic acids is 3. The third-order valence-electron chi connectivity index (χ3n) is 7.04. The molecule has 9 nitrogen and oxygen atoms in total. The number of nitrogens with one attached hydrogen (secondary N) is 1. The second kappa shape index (κ2) is 8.64. The molecule has 34 heavy (non-hydrogen) atoms. The van der Waals surface area contributed by atoms with Crippen LogP contribution in [-0.2, 0) is 27.2 Å². The van der Waals surface area contributed by atoms with Crippen LogP contribution in [0.3, 0.4) is 0 Å². The van der Waals surface area contributed by atoms with E-state index in [0.29, 0.717) is 31.1 Å². The van der Waals surface area contributed by atoms with Crippen molar-refractivity contribution in [1.82, 2.24) is 10.2 Å². The van der Waals surface area contributed by atoms with Crippen molar-refractivity contribution in [1.29, 1.82) is 0 Å². The van der Waals surface area contributed by atoms with E-state index in [1.54, 1.807) is 20.3 Å². The Morgan fingerprint density at radius 2 is 1.88 bits per heavy atom. The Hall–Kier alpha value is -3.59. The van der Waals surface area contributed by atoms with Crippen molar-refractivity contribution in [3.05, 3.63) is 53.6 Å². The molecule has 178 valence electrons. The molecule has 2 aromatic rings. The number of para-hydroxylation sites is 1. The lowest BCUT2D eigenvalue weighted by atomic mass is 9.68. The zero-order chi connectivity index (χ0) is 23.9. The van der Waals surface area contributed by atoms with Crippen molar-refractivity contribution in [3.63, 3.8) is 0 Å². The van der Waals surface area contributed by atoms with Gasteiger partial charge in [0.05, 0.1) is 33.5 Å². The lowest BCUT2D eigenvalue weighted by molar-refractivity contribution is -0.155. The first-order chi connectivity index (χ1) is 16.5. The minimum atomic E-state index is -1.43. The molecule has 2 aromatic carbocycles. The number of imide groups is 2. The molecule has 2 saturated heterocycles. The number of carbonyl (C=O) groups is 3. The molecule has 3 aliphatic rings. The van der Waals surface area contributed by atoms with Gasteiger partial charge < -0.3 is 19.1 Å². The summed E-state index contributed by atoms with van der Waals surface area (Å²) in [5.74, 6) is 0.136. The van der Waals surface area contributed by atoms with E-state index in [0.717, 1.165) is 16.8 Å². The average molecular weight is 466 g/mol. The van der Waals surface area contributed by atoms with Crippen molar-refractivity contribution in [3.8, 4) is 11.5 Å². The Bertz CT molecular complexity index is 1150. The summed E-state index contributed by atoms with van der Waals surface area (Å²) in [7, 11) is 3.11. The summed E-state index contributed by atoms with van der Waals surface area (Å²) in [6.07, 6.45) is 0.629. The maximum atomic E-state index is 13.9. The fourth-order valence-corrected chi connectivity index (χ4v) is 5.30. The van der Waals surface area contributed by atoms with Crippen molar-refractivity contribution in [2.45, 2.75) is 18.9 Å². The van der Waals surface area contributed by atoms with Crippen LogP contribution in [0.4, 0.5) is 10.5 Å². The first-order valence-electron chi connectivity index (χ1n) is 11.3. The van der Waals surface area contributed by atoms with Crippen LogP contribution in [0, 0.1) is 5.41 Å². The summed E-state index contributed by atoms with van der Waals surface area (Å²) in [6, 6.07) is 12.1. The van der Waals surface area contributed by atoms with E-state index in [1.807, 2.05) is 36.4 Å². The number of hydrogen-bond acceptors (Lipinski definition) is 7. The Kier molecular flexibility index (Phi) is 5.65. The van der Waals surface area contributed by atoms with E-state index in [4.69, 9.17) is 14.2 Å². The van der Waals surface area contributed by atoms with Gasteiger partial charge in [-0.25, -0.2) is 4.79 Å². The van der Waals surface area contributed by atoms with Gasteiger partial charge >= 0.3 is 6.03 Å². The van der Waals surface area contributed by atoms with Crippen LogP contribution in [0.5, 0.6) is 11.5 Å². The topological polar surface area (TPSA) is 97.4 Å². The maximum Gasteiger partial charge on any atom is 0.330 e. The van der Waals surface area contributed by atoms with Gasteiger partial charge in [-0.15, -0.1) is 0 Å². The Labute approximate surface area is 197 Å². The molecule has 3 heterocycles. The lowest BCUT2D eigenvalue weighted by Crippen LogP contribution is -2.74. The summed E-state index contributed by atoms with van der Waals surface area (Å²) in [6.45, 7) is 1.46. The van der Waals surface area contributed by atoms with E-state index >= 15 is 0 Å². The Morgan fingerprint density at radius 3 is 2.68 bits per heavy atom. The molecule has 0 aromatic heterocycles. The van der Waals surface area contributed by atoms with Gasteiger partial charge in [-0.05, 0) is 42.2 Å². The molecule has 1 N–H and O–H groups in total. The highest BCUT2D eigenvalue weighted by Crippen LogP contribution is 2.45. The van der Waals surface area contributed by atoms with Gasteiger partial charge in [0.15, 0.2) is 16.9 Å². The fraction of sp³-hybridized carbons (Fsp3) is 0.400. The lowest BCUT2D eigenvalue weighted by Gasteiger charge is -2.53. The molecule has 3 aliphatic heterocycles. The minimum absolute atomic E-state index is 0.129. The highest BCUT2D eigenvalue weighted by molar-refractivity contribution is 6.20. The summed E-state index contributed by atoms with van der Waals surface area (Å²) in [4.78, 5) is 43.3. The van der Waals surface area contributed by atoms with Crippen molar-refractivity contribution in [2.24, 2.45) is 5.41 Å². The highest BCUT2D eigenvalue weighted by atomic mass is 16.5. The van der Waals surface area contributed by atoms with Crippen molar-refractivity contribution < 1.29 is 28.6 Å². The molecule has 0 unspecified atom stereocenters. The quantitative estimate of drug-likeness (QED) is 0.672. The third kappa shape index (κ3) is 3.38. The van der Waals surface area contributed by atoms with Gasteiger partial charge in [-0.1, -0.05) is 24.3 Å². The second-order valence-corrected chi connectivity index (χ2v) is 8.72. The summed E-state index contributed by atoms with van der Waals surface area (Å²) in [5.41, 5.74) is 1.37. The second-order valence-electron chi connectivity index (χ2n) is 8.72. The summed E-state index contributed by atoms with van der Waals surface area (Å²) < 4.78 is 16.4. The number of ether oxygens (including phenoxy) is 3. The number of amides is 4. The van der Waals surface area contributed by atoms with Crippen LogP contribution in [-0.4, -0.2) is 69.3 Å². The van der Waals surface area contributed by atoms with Crippen LogP contribution in [0.25, 0.3) is 0 Å². The number of rotatable bonds is 5. The standard InChI is InChI=1S/C25H27N3O6/c1-32-19-8-7-16(13-20(19)33-2)9-10-28-23(30)25(22(29)26-24(28)31)14-17-5-3-4-6-18(17)27-11-12-34-15-21(25)27/h3-8,13,21H,9-12,14-15H2,1-2H3,(H,26,29,31)/t21-,25-/m0/s1. The zero-order valence-electron chi connectivity index (χ0n) is 19.2. The van der Waals surface area contributed by atoms with E-state index in [9.17, 15) is 14.4 Å². The van der Waals surface area contributed by atoms with Crippen LogP contribution >= 0.6 is 0 Å². The number of urea groups is 1. The van der Waals surface area contributed by atoms with Crippen molar-refractivity contribution in [2.75, 3.05) is 45.4 Å². The number of fused-ring (bicyclic) bond motifs is 4. The number of anilines is 1. The SMILES string of the molecule is COc1ccc(CCN2C(=O)NC(=O)[C@@]3(Cc4ccccc4N4CCOC[C@H]43)C2=O)cc1OC. The van der Waals surface area contributed by atoms with Gasteiger partial charge in [0.1, 0.15) is 0 Å². The Balaban J connectivity index is 1.46. The number of methoxy groups -OCH3 is 2. The average Bonchev–Trinajstić information content (AvgIpc) is 2.87. The maximum absolute atomic E-state index is 13.9. The van der Waals surface area contributed by atoms with Crippen LogP contribution in [0.15, 0.2) is 42.5 Å². The Morgan fingerprint density at radius 1 is 1.09 bits per heavy atom. The minimum Gasteiger partial charge on any atom is -0.493 e. The molecule has 0 aliphatic carbocycles. The van der Waals surface area contributed by atoms with Crippen LogP contribution in [0.2, 0.25) is 0 Å². The first-order valence-corrected chi connectivity index (χ1v) is 11.3. The number of morpholine rings is 1. The molecule has 9 heteroatoms. The zero-order valence-corrected chi connectivity index (χ0v) is 19.2. The van der Waals surface area contributed by atoms with Gasteiger partial charge in [-0.3, -0.25) is 19.8 Å². The summed E-state index contributed by atoms with van der Waals surface area (Å²) in [5, 5.41) is 2.46. The van der Waals surface area contributed by atoms with E-state index in [2.05, 4.69) is 10.2 Å². The molecular formula is C25H27N3O6. The van der Waals surface area contributed by atoms with E-state index < -0.39 is 29.3 Å². The molecule has 1 spiro atoms. The third-order valence-corrected chi connectivity index (χ3v) is 7.04. The van der Waals surface area contributed by atoms with Gasteiger partial charge in [0.25, 0.3) is 0 Å². The molecule has 0 radical (unpaired) electrons. The normalized spacial score (nSPS) is 23.9. The predicted octanol–water partition coefficient (Wildman–Crippen LogP) is 1.77. The van der Waals surface area contributed by atoms with Crippen LogP contribution < -0.4 is 19.7 Å². The molecule has 4 amide bonds. The molecular weight excluding hydrogens is 438 g/mol. The monoisotopic (exact) mass is 465 g/mol. The largest absolute Gasteiger partial charge is 0.493 e. The molecule has 0 bridgehead atoms. The van der Waals surface area contributed by atoms with Gasteiger partial charge in [0, 0.05) is 18.8 Å². The van der Waals surface area contributed by atoms with Crippen molar-refractivity contribution >= 4 is 23.5 Å². The first kappa shape index (κ1) is 22.2. The van der Waals surface area contributed by atoms with Crippen LogP contribution in [0.1, 0.15) is 11.1 Å². The molecule has 2 fully saturated rings.